The summed E-state index contributed by atoms with van der Waals surface area (Å²) in [5.41, 5.74) is 4.73. The lowest BCUT2D eigenvalue weighted by molar-refractivity contribution is -0.133. The Balaban J connectivity index is 1.55. The van der Waals surface area contributed by atoms with Crippen LogP contribution in [0.15, 0.2) is 72.9 Å². The van der Waals surface area contributed by atoms with Crippen molar-refractivity contribution in [1.29, 1.82) is 5.26 Å². The predicted octanol–water partition coefficient (Wildman–Crippen LogP) is 6.83. The third kappa shape index (κ3) is 6.72. The molecule has 4 aromatic rings. The van der Waals surface area contributed by atoms with Crippen LogP contribution in [0.25, 0.3) is 10.9 Å². The number of amides is 1. The Morgan fingerprint density at radius 3 is 2.49 bits per heavy atom. The molecule has 0 bridgehead atoms. The molecule has 0 aliphatic carbocycles. The third-order valence-electron chi connectivity index (χ3n) is 6.62. The zero-order valence-electron chi connectivity index (χ0n) is 21.0. The first-order valence-electron chi connectivity index (χ1n) is 12.3. The first kappa shape index (κ1) is 26.8. The number of hydrogen-bond acceptors (Lipinski definition) is 3. The van der Waals surface area contributed by atoms with Crippen LogP contribution in [0.4, 0.5) is 0 Å². The van der Waals surface area contributed by atoms with E-state index in [1.54, 1.807) is 6.07 Å². The Kier molecular flexibility index (Phi) is 8.89. The number of hydrogen-bond donors (Lipinski definition) is 1. The second-order valence-electron chi connectivity index (χ2n) is 9.44. The van der Waals surface area contributed by atoms with Crippen molar-refractivity contribution in [2.24, 2.45) is 0 Å². The van der Waals surface area contributed by atoms with E-state index in [-0.39, 0.29) is 18.5 Å². The number of H-pyrrole nitrogens is 1. The minimum absolute atomic E-state index is 0.0223. The summed E-state index contributed by atoms with van der Waals surface area (Å²) in [6.45, 7) is 5.89. The van der Waals surface area contributed by atoms with Gasteiger partial charge in [0.15, 0.2) is 0 Å². The van der Waals surface area contributed by atoms with Crippen LogP contribution in [0.1, 0.15) is 36.1 Å². The SMILES string of the molecule is CC(C)N(CC(=O)N(CCc1c[nH]c2ccccc12)Cc1ccc(Cl)c(Cl)c1)Cc1ccccc1C#N. The van der Waals surface area contributed by atoms with Crippen LogP contribution in [0.3, 0.4) is 0 Å². The van der Waals surface area contributed by atoms with E-state index in [1.807, 2.05) is 59.6 Å². The van der Waals surface area contributed by atoms with E-state index in [1.165, 1.54) is 10.9 Å². The Morgan fingerprint density at radius 2 is 1.73 bits per heavy atom. The van der Waals surface area contributed by atoms with Crippen molar-refractivity contribution >= 4 is 40.0 Å². The lowest BCUT2D eigenvalue weighted by Gasteiger charge is -2.30. The van der Waals surface area contributed by atoms with Gasteiger partial charge in [0.2, 0.25) is 5.91 Å². The Bertz CT molecular complexity index is 1420. The number of aromatic amines is 1. The van der Waals surface area contributed by atoms with Gasteiger partial charge in [0, 0.05) is 42.8 Å². The van der Waals surface area contributed by atoms with Crippen molar-refractivity contribution in [2.75, 3.05) is 13.1 Å². The highest BCUT2D eigenvalue weighted by atomic mass is 35.5. The largest absolute Gasteiger partial charge is 0.361 e. The van der Waals surface area contributed by atoms with E-state index in [2.05, 4.69) is 41.9 Å². The van der Waals surface area contributed by atoms with Crippen molar-refractivity contribution in [2.45, 2.75) is 39.4 Å². The summed E-state index contributed by atoms with van der Waals surface area (Å²) in [6.07, 6.45) is 2.74. The molecule has 7 heteroatoms. The molecule has 0 saturated heterocycles. The zero-order valence-corrected chi connectivity index (χ0v) is 22.6. The molecule has 1 N–H and O–H groups in total. The van der Waals surface area contributed by atoms with Crippen LogP contribution >= 0.6 is 23.2 Å². The first-order chi connectivity index (χ1) is 17.9. The summed E-state index contributed by atoms with van der Waals surface area (Å²) in [7, 11) is 0. The van der Waals surface area contributed by atoms with Crippen LogP contribution < -0.4 is 0 Å². The molecule has 0 atom stereocenters. The number of nitriles is 1. The molecule has 1 amide bonds. The minimum atomic E-state index is 0.0223. The number of benzene rings is 3. The number of rotatable bonds is 10. The van der Waals surface area contributed by atoms with Gasteiger partial charge in [0.25, 0.3) is 0 Å². The van der Waals surface area contributed by atoms with E-state index in [4.69, 9.17) is 23.2 Å². The van der Waals surface area contributed by atoms with Gasteiger partial charge in [-0.25, -0.2) is 0 Å². The summed E-state index contributed by atoms with van der Waals surface area (Å²) in [4.78, 5) is 21.0. The maximum Gasteiger partial charge on any atom is 0.237 e. The molecule has 0 radical (unpaired) electrons. The highest BCUT2D eigenvalue weighted by Crippen LogP contribution is 2.24. The number of halogens is 2. The van der Waals surface area contributed by atoms with E-state index >= 15 is 0 Å². The molecule has 37 heavy (non-hydrogen) atoms. The fourth-order valence-corrected chi connectivity index (χ4v) is 4.75. The average Bonchev–Trinajstić information content (AvgIpc) is 3.31. The quantitative estimate of drug-likeness (QED) is 0.243. The number of para-hydroxylation sites is 1. The van der Waals surface area contributed by atoms with Crippen LogP contribution in [-0.2, 0) is 24.3 Å². The molecule has 4 rings (SSSR count). The van der Waals surface area contributed by atoms with Crippen LogP contribution in [-0.4, -0.2) is 39.8 Å². The number of nitrogens with zero attached hydrogens (tertiary/aromatic N) is 3. The van der Waals surface area contributed by atoms with Crippen molar-refractivity contribution in [3.63, 3.8) is 0 Å². The fraction of sp³-hybridized carbons (Fsp3) is 0.267. The standard InChI is InChI=1S/C30H30Cl2N4O/c1-21(2)36(19-25-8-4-3-7-23(25)16-33)20-30(37)35(18-22-11-12-27(31)28(32)15-22)14-13-24-17-34-29-10-6-5-9-26(24)29/h3-12,15,17,21,34H,13-14,18-20H2,1-2H3. The molecule has 0 fully saturated rings. The number of aromatic nitrogens is 1. The Morgan fingerprint density at radius 1 is 0.973 bits per heavy atom. The molecule has 0 aliphatic heterocycles. The van der Waals surface area contributed by atoms with Crippen LogP contribution in [0.5, 0.6) is 0 Å². The molecule has 0 unspecified atom stereocenters. The topological polar surface area (TPSA) is 63.1 Å². The van der Waals surface area contributed by atoms with Gasteiger partial charge in [-0.15, -0.1) is 0 Å². The third-order valence-corrected chi connectivity index (χ3v) is 7.36. The molecule has 1 heterocycles. The van der Waals surface area contributed by atoms with Crippen molar-refractivity contribution < 1.29 is 4.79 Å². The summed E-state index contributed by atoms with van der Waals surface area (Å²) >= 11 is 12.4. The van der Waals surface area contributed by atoms with Gasteiger partial charge in [0.05, 0.1) is 28.2 Å². The van der Waals surface area contributed by atoms with Gasteiger partial charge in [-0.1, -0.05) is 65.7 Å². The molecule has 0 saturated carbocycles. The number of fused-ring (bicyclic) bond motifs is 1. The van der Waals surface area contributed by atoms with Crippen molar-refractivity contribution in [3.05, 3.63) is 105 Å². The van der Waals surface area contributed by atoms with Crippen LogP contribution in [0.2, 0.25) is 10.0 Å². The van der Waals surface area contributed by atoms with Gasteiger partial charge >= 0.3 is 0 Å². The smallest absolute Gasteiger partial charge is 0.237 e. The van der Waals surface area contributed by atoms with Gasteiger partial charge in [-0.3, -0.25) is 9.69 Å². The average molecular weight is 534 g/mol. The molecule has 3 aromatic carbocycles. The van der Waals surface area contributed by atoms with Gasteiger partial charge in [0.1, 0.15) is 0 Å². The highest BCUT2D eigenvalue weighted by Gasteiger charge is 2.21. The van der Waals surface area contributed by atoms with Gasteiger partial charge in [-0.05, 0) is 61.2 Å². The predicted molar refractivity (Wildman–Crippen MR) is 151 cm³/mol. The van der Waals surface area contributed by atoms with E-state index in [9.17, 15) is 10.1 Å². The van der Waals surface area contributed by atoms with Crippen LogP contribution in [0, 0.1) is 11.3 Å². The zero-order chi connectivity index (χ0) is 26.4. The minimum Gasteiger partial charge on any atom is -0.361 e. The lowest BCUT2D eigenvalue weighted by atomic mass is 10.1. The van der Waals surface area contributed by atoms with E-state index in [0.29, 0.717) is 35.2 Å². The second kappa shape index (κ2) is 12.3. The number of carbonyl (C=O) groups excluding carboxylic acids is 1. The summed E-state index contributed by atoms with van der Waals surface area (Å²) in [6, 6.07) is 23.6. The second-order valence-corrected chi connectivity index (χ2v) is 10.3. The molecule has 5 nitrogen and oxygen atoms in total. The molecule has 1 aromatic heterocycles. The monoisotopic (exact) mass is 532 g/mol. The summed E-state index contributed by atoms with van der Waals surface area (Å²) in [5, 5.41) is 11.6. The summed E-state index contributed by atoms with van der Waals surface area (Å²) in [5.74, 6) is 0.0223. The number of carbonyl (C=O) groups is 1. The Hall–Kier alpha value is -3.30. The van der Waals surface area contributed by atoms with E-state index in [0.717, 1.165) is 23.1 Å². The van der Waals surface area contributed by atoms with Crippen molar-refractivity contribution in [3.8, 4) is 6.07 Å². The van der Waals surface area contributed by atoms with Gasteiger partial charge in [-0.2, -0.15) is 5.26 Å². The summed E-state index contributed by atoms with van der Waals surface area (Å²) < 4.78 is 0. The van der Waals surface area contributed by atoms with E-state index < -0.39 is 0 Å². The maximum absolute atomic E-state index is 13.7. The normalized spacial score (nSPS) is 11.3. The maximum atomic E-state index is 13.7. The Labute approximate surface area is 228 Å². The first-order valence-corrected chi connectivity index (χ1v) is 13.1. The highest BCUT2D eigenvalue weighted by molar-refractivity contribution is 6.42. The molecule has 0 spiro atoms. The molecule has 190 valence electrons. The lowest BCUT2D eigenvalue weighted by Crippen LogP contribution is -2.43. The number of nitrogens with one attached hydrogen (secondary N) is 1. The molecular weight excluding hydrogens is 503 g/mol. The molecule has 0 aliphatic rings. The molecular formula is C30H30Cl2N4O. The van der Waals surface area contributed by atoms with Crippen molar-refractivity contribution in [1.82, 2.24) is 14.8 Å². The van der Waals surface area contributed by atoms with Gasteiger partial charge < -0.3 is 9.88 Å². The fourth-order valence-electron chi connectivity index (χ4n) is 4.43.